The lowest BCUT2D eigenvalue weighted by molar-refractivity contribution is -0.136. The minimum atomic E-state index is -1.54. The number of carbonyl (C=O) groups is 1. The van der Waals surface area contributed by atoms with Crippen molar-refractivity contribution in [1.29, 1.82) is 0 Å². The number of hydrogen-bond acceptors (Lipinski definition) is 6. The van der Waals surface area contributed by atoms with Gasteiger partial charge in [0, 0.05) is 7.11 Å². The lowest BCUT2D eigenvalue weighted by Gasteiger charge is -2.09. The van der Waals surface area contributed by atoms with E-state index in [2.05, 4.69) is 4.74 Å². The Labute approximate surface area is 150 Å². The summed E-state index contributed by atoms with van der Waals surface area (Å²) < 4.78 is 65.4. The maximum absolute atomic E-state index is 13.7. The van der Waals surface area contributed by atoms with E-state index in [1.807, 2.05) is 0 Å². The van der Waals surface area contributed by atoms with Crippen LogP contribution in [0.5, 0.6) is 5.75 Å². The van der Waals surface area contributed by atoms with Crippen LogP contribution in [-0.4, -0.2) is 59.3 Å². The van der Waals surface area contributed by atoms with Crippen LogP contribution in [0, 0.1) is 24.4 Å². The molecule has 0 aliphatic heterocycles. The van der Waals surface area contributed by atoms with E-state index in [1.165, 1.54) is 6.92 Å². The van der Waals surface area contributed by atoms with Crippen molar-refractivity contribution in [3.63, 3.8) is 0 Å². The molecule has 0 saturated heterocycles. The molecule has 148 valence electrons. The predicted molar refractivity (Wildman–Crippen MR) is 85.6 cm³/mol. The molecular formula is C17H23F3O6. The van der Waals surface area contributed by atoms with Crippen LogP contribution >= 0.6 is 0 Å². The van der Waals surface area contributed by atoms with E-state index < -0.39 is 29.2 Å². The van der Waals surface area contributed by atoms with Crippen LogP contribution in [0.4, 0.5) is 13.2 Å². The summed E-state index contributed by atoms with van der Waals surface area (Å²) in [4.78, 5) is 11.6. The van der Waals surface area contributed by atoms with Crippen LogP contribution < -0.4 is 4.74 Å². The molecule has 1 rings (SSSR count). The Morgan fingerprint density at radius 2 is 1.42 bits per heavy atom. The van der Waals surface area contributed by atoms with Crippen molar-refractivity contribution in [2.45, 2.75) is 13.3 Å². The van der Waals surface area contributed by atoms with Gasteiger partial charge >= 0.3 is 5.97 Å². The molecule has 1 aromatic rings. The van der Waals surface area contributed by atoms with Gasteiger partial charge in [-0.1, -0.05) is 0 Å². The molecule has 0 aliphatic rings. The summed E-state index contributed by atoms with van der Waals surface area (Å²) in [6.07, 6.45) is -0.241. The Morgan fingerprint density at radius 3 is 2.00 bits per heavy atom. The van der Waals surface area contributed by atoms with Gasteiger partial charge in [-0.3, -0.25) is 4.79 Å². The average Bonchev–Trinajstić information content (AvgIpc) is 2.61. The average molecular weight is 380 g/mol. The molecule has 0 N–H and O–H groups in total. The summed E-state index contributed by atoms with van der Waals surface area (Å²) in [5, 5.41) is 0. The van der Waals surface area contributed by atoms with Crippen molar-refractivity contribution < 1.29 is 41.7 Å². The van der Waals surface area contributed by atoms with E-state index in [9.17, 15) is 18.0 Å². The maximum atomic E-state index is 13.7. The number of methoxy groups -OCH3 is 1. The van der Waals surface area contributed by atoms with Gasteiger partial charge in [0.25, 0.3) is 0 Å². The lowest BCUT2D eigenvalue weighted by Crippen LogP contribution is -2.16. The van der Waals surface area contributed by atoms with Gasteiger partial charge in [-0.2, -0.15) is 4.39 Å². The Kier molecular flexibility index (Phi) is 10.9. The Bertz CT molecular complexity index is 542. The SMILES string of the molecule is COCCOCCOCCOCCC(=O)Oc1c(F)c(C)cc(F)c1F. The molecular weight excluding hydrogens is 357 g/mol. The third-order valence-corrected chi connectivity index (χ3v) is 3.14. The number of rotatable bonds is 13. The Hall–Kier alpha value is -1.68. The monoisotopic (exact) mass is 380 g/mol. The standard InChI is InChI=1S/C17H23F3O6/c1-12-11-13(18)16(20)17(15(12)19)26-14(21)3-4-23-7-8-25-10-9-24-6-5-22-2/h11H,3-10H2,1-2H3. The van der Waals surface area contributed by atoms with Gasteiger partial charge in [-0.15, -0.1) is 0 Å². The molecule has 0 saturated carbocycles. The summed E-state index contributed by atoms with van der Waals surface area (Å²) in [5.74, 6) is -5.90. The second-order valence-corrected chi connectivity index (χ2v) is 5.19. The summed E-state index contributed by atoms with van der Waals surface area (Å²) in [5.41, 5.74) is -0.161. The molecule has 0 spiro atoms. The molecule has 0 aliphatic carbocycles. The largest absolute Gasteiger partial charge is 0.420 e. The number of aryl methyl sites for hydroxylation is 1. The van der Waals surface area contributed by atoms with E-state index in [4.69, 9.17) is 18.9 Å². The maximum Gasteiger partial charge on any atom is 0.313 e. The minimum absolute atomic E-state index is 0.0237. The molecule has 0 heterocycles. The van der Waals surface area contributed by atoms with Gasteiger partial charge < -0.3 is 23.7 Å². The highest BCUT2D eigenvalue weighted by molar-refractivity contribution is 5.72. The fraction of sp³-hybridized carbons (Fsp3) is 0.588. The third kappa shape index (κ3) is 8.13. The van der Waals surface area contributed by atoms with Crippen molar-refractivity contribution in [2.24, 2.45) is 0 Å². The highest BCUT2D eigenvalue weighted by Gasteiger charge is 2.20. The van der Waals surface area contributed by atoms with Gasteiger partial charge in [0.15, 0.2) is 11.6 Å². The molecule has 0 atom stereocenters. The van der Waals surface area contributed by atoms with Gasteiger partial charge in [-0.25, -0.2) is 8.78 Å². The van der Waals surface area contributed by atoms with E-state index >= 15 is 0 Å². The van der Waals surface area contributed by atoms with Crippen LogP contribution in [0.1, 0.15) is 12.0 Å². The Balaban J connectivity index is 2.15. The number of benzene rings is 1. The molecule has 26 heavy (non-hydrogen) atoms. The van der Waals surface area contributed by atoms with Crippen LogP contribution in [0.3, 0.4) is 0 Å². The zero-order valence-electron chi connectivity index (χ0n) is 14.8. The van der Waals surface area contributed by atoms with Crippen molar-refractivity contribution >= 4 is 5.97 Å². The van der Waals surface area contributed by atoms with Crippen LogP contribution in [0.25, 0.3) is 0 Å². The molecule has 9 heteroatoms. The first-order valence-corrected chi connectivity index (χ1v) is 8.04. The molecule has 6 nitrogen and oxygen atoms in total. The number of hydrogen-bond donors (Lipinski definition) is 0. The number of carbonyl (C=O) groups excluding carboxylic acids is 1. The predicted octanol–water partition coefficient (Wildman–Crippen LogP) is 2.40. The fourth-order valence-electron chi connectivity index (χ4n) is 1.79. The van der Waals surface area contributed by atoms with E-state index in [0.29, 0.717) is 39.1 Å². The minimum Gasteiger partial charge on any atom is -0.420 e. The van der Waals surface area contributed by atoms with Crippen LogP contribution in [0.2, 0.25) is 0 Å². The smallest absolute Gasteiger partial charge is 0.313 e. The van der Waals surface area contributed by atoms with E-state index in [-0.39, 0.29) is 25.2 Å². The number of halogens is 3. The fourth-order valence-corrected chi connectivity index (χ4v) is 1.79. The van der Waals surface area contributed by atoms with Crippen LogP contribution in [-0.2, 0) is 23.7 Å². The van der Waals surface area contributed by atoms with Gasteiger partial charge in [0.1, 0.15) is 0 Å². The zero-order chi connectivity index (χ0) is 19.4. The summed E-state index contributed by atoms with van der Waals surface area (Å²) in [6.45, 7) is 3.58. The molecule has 0 unspecified atom stereocenters. The number of ether oxygens (including phenoxy) is 5. The molecule has 0 bridgehead atoms. The molecule has 0 fully saturated rings. The first-order valence-electron chi connectivity index (χ1n) is 8.04. The second kappa shape index (κ2) is 12.6. The van der Waals surface area contributed by atoms with Gasteiger partial charge in [0.05, 0.1) is 52.7 Å². The van der Waals surface area contributed by atoms with Crippen molar-refractivity contribution in [3.8, 4) is 5.75 Å². The molecule has 0 amide bonds. The quantitative estimate of drug-likeness (QED) is 0.227. The van der Waals surface area contributed by atoms with Crippen molar-refractivity contribution in [2.75, 3.05) is 53.4 Å². The normalized spacial score (nSPS) is 11.0. The molecule has 0 aromatic heterocycles. The highest BCUT2D eigenvalue weighted by atomic mass is 19.2. The highest BCUT2D eigenvalue weighted by Crippen LogP contribution is 2.27. The summed E-state index contributed by atoms with van der Waals surface area (Å²) >= 11 is 0. The third-order valence-electron chi connectivity index (χ3n) is 3.14. The topological polar surface area (TPSA) is 63.2 Å². The van der Waals surface area contributed by atoms with Crippen LogP contribution in [0.15, 0.2) is 6.07 Å². The van der Waals surface area contributed by atoms with Crippen molar-refractivity contribution in [3.05, 3.63) is 29.1 Å². The number of esters is 1. The second-order valence-electron chi connectivity index (χ2n) is 5.19. The molecule has 1 aromatic carbocycles. The molecule has 0 radical (unpaired) electrons. The van der Waals surface area contributed by atoms with E-state index in [1.54, 1.807) is 7.11 Å². The Morgan fingerprint density at radius 1 is 0.885 bits per heavy atom. The van der Waals surface area contributed by atoms with Gasteiger partial charge in [-0.05, 0) is 18.6 Å². The van der Waals surface area contributed by atoms with Gasteiger partial charge in [0.2, 0.25) is 11.6 Å². The lowest BCUT2D eigenvalue weighted by atomic mass is 10.2. The van der Waals surface area contributed by atoms with Crippen molar-refractivity contribution in [1.82, 2.24) is 0 Å². The first kappa shape index (κ1) is 22.4. The first-order chi connectivity index (χ1) is 12.5. The zero-order valence-corrected chi connectivity index (χ0v) is 14.8. The summed E-state index contributed by atoms with van der Waals surface area (Å²) in [7, 11) is 1.58. The van der Waals surface area contributed by atoms with E-state index in [0.717, 1.165) is 0 Å². The summed E-state index contributed by atoms with van der Waals surface area (Å²) in [6, 6.07) is 0.688.